The molecule has 9 heteroatoms. The number of fused-ring (bicyclic) bond motifs is 3. The van der Waals surface area contributed by atoms with Crippen molar-refractivity contribution in [2.24, 2.45) is 13.0 Å². The summed E-state index contributed by atoms with van der Waals surface area (Å²) in [7, 11) is 5.25. The van der Waals surface area contributed by atoms with Gasteiger partial charge in [-0.05, 0) is 49.6 Å². The van der Waals surface area contributed by atoms with E-state index in [0.29, 0.717) is 35.9 Å². The topological polar surface area (TPSA) is 106 Å². The van der Waals surface area contributed by atoms with Gasteiger partial charge in [-0.1, -0.05) is 0 Å². The van der Waals surface area contributed by atoms with Gasteiger partial charge >= 0.3 is 5.97 Å². The van der Waals surface area contributed by atoms with Crippen LogP contribution in [0.3, 0.4) is 0 Å². The molecule has 2 N–H and O–H groups in total. The lowest BCUT2D eigenvalue weighted by atomic mass is 9.74. The second-order valence-corrected chi connectivity index (χ2v) is 8.89. The molecule has 3 aliphatic rings. The lowest BCUT2D eigenvalue weighted by Crippen LogP contribution is -2.56. The molecule has 9 nitrogen and oxygen atoms in total. The van der Waals surface area contributed by atoms with Crippen molar-refractivity contribution in [3.05, 3.63) is 30.0 Å². The van der Waals surface area contributed by atoms with Crippen molar-refractivity contribution < 1.29 is 24.2 Å². The number of nitrogens with zero attached hydrogens (tertiary/aromatic N) is 3. The first-order chi connectivity index (χ1) is 15.9. The van der Waals surface area contributed by atoms with Crippen molar-refractivity contribution in [2.45, 2.75) is 37.6 Å². The Hall–Kier alpha value is -3.07. The average molecular weight is 457 g/mol. The molecule has 3 fully saturated rings. The molecule has 3 aliphatic heterocycles. The number of carbonyl (C=O) groups excluding carboxylic acids is 1. The number of hydrogen-bond acceptors (Lipinski definition) is 6. The first kappa shape index (κ1) is 23.1. The molecule has 1 aromatic carbocycles. The Balaban J connectivity index is 1.43. The van der Waals surface area contributed by atoms with Crippen molar-refractivity contribution in [3.8, 4) is 22.8 Å². The largest absolute Gasteiger partial charge is 0.493 e. The van der Waals surface area contributed by atoms with Crippen LogP contribution in [0.25, 0.3) is 11.3 Å². The highest BCUT2D eigenvalue weighted by Crippen LogP contribution is 2.42. The number of aromatic nitrogens is 2. The third kappa shape index (κ3) is 4.98. The van der Waals surface area contributed by atoms with E-state index in [1.807, 2.05) is 29.9 Å². The Morgan fingerprint density at radius 1 is 1.18 bits per heavy atom. The van der Waals surface area contributed by atoms with Crippen molar-refractivity contribution in [1.82, 2.24) is 20.0 Å². The van der Waals surface area contributed by atoms with E-state index in [0.717, 1.165) is 37.2 Å². The number of benzene rings is 1. The molecule has 4 heterocycles. The molecule has 4 atom stereocenters. The second kappa shape index (κ2) is 9.82. The highest BCUT2D eigenvalue weighted by Gasteiger charge is 2.41. The van der Waals surface area contributed by atoms with Gasteiger partial charge in [0.15, 0.2) is 11.5 Å². The number of ether oxygens (including phenoxy) is 2. The van der Waals surface area contributed by atoms with Gasteiger partial charge in [0.05, 0.1) is 26.3 Å². The standard InChI is InChI=1S/C24H32N4O5/c1-27-20(12-19(26-27)16-4-5-21(32-2)22(11-16)33-3)18-14-28-9-8-15(18)10-17(28)13-25-23(29)6-7-24(30)31/h4-5,11-12,15,17-18H,6-10,13-14H2,1-3H3,(H,25,29)(H,30,31)/t15-,17+,18+/m0/s1. The third-order valence-electron chi connectivity index (χ3n) is 6.95. The van der Waals surface area contributed by atoms with Crippen molar-refractivity contribution in [3.63, 3.8) is 0 Å². The number of nitrogens with one attached hydrogen (secondary N) is 1. The highest BCUT2D eigenvalue weighted by atomic mass is 16.5. The maximum Gasteiger partial charge on any atom is 0.303 e. The van der Waals surface area contributed by atoms with Crippen molar-refractivity contribution >= 4 is 11.9 Å². The summed E-state index contributed by atoms with van der Waals surface area (Å²) < 4.78 is 12.8. The highest BCUT2D eigenvalue weighted by molar-refractivity contribution is 5.80. The SMILES string of the molecule is COc1ccc(-c2cc([C@@H]3CN4CC[C@H]3C[C@@H]4CNC(=O)CCC(=O)O)n(C)n2)cc1OC. The van der Waals surface area contributed by atoms with E-state index in [-0.39, 0.29) is 18.7 Å². The molecule has 2 bridgehead atoms. The van der Waals surface area contributed by atoms with Gasteiger partial charge in [0, 0.05) is 49.8 Å². The van der Waals surface area contributed by atoms with E-state index in [4.69, 9.17) is 19.7 Å². The Morgan fingerprint density at radius 2 is 1.97 bits per heavy atom. The van der Waals surface area contributed by atoms with E-state index in [1.165, 1.54) is 5.69 Å². The van der Waals surface area contributed by atoms with Gasteiger partial charge < -0.3 is 19.9 Å². The quantitative estimate of drug-likeness (QED) is 0.596. The van der Waals surface area contributed by atoms with Crippen LogP contribution >= 0.6 is 0 Å². The molecule has 33 heavy (non-hydrogen) atoms. The number of aryl methyl sites for hydroxylation is 1. The van der Waals surface area contributed by atoms with Gasteiger partial charge in [0.1, 0.15) is 0 Å². The minimum atomic E-state index is -0.947. The van der Waals surface area contributed by atoms with Crippen molar-refractivity contribution in [2.75, 3.05) is 33.9 Å². The van der Waals surface area contributed by atoms with Crippen LogP contribution in [0.4, 0.5) is 0 Å². The van der Waals surface area contributed by atoms with E-state index in [9.17, 15) is 9.59 Å². The number of carbonyl (C=O) groups is 2. The number of carboxylic acids is 1. The van der Waals surface area contributed by atoms with Crippen LogP contribution < -0.4 is 14.8 Å². The van der Waals surface area contributed by atoms with E-state index in [1.54, 1.807) is 14.2 Å². The summed E-state index contributed by atoms with van der Waals surface area (Å²) in [6.45, 7) is 2.53. The predicted molar refractivity (Wildman–Crippen MR) is 122 cm³/mol. The lowest BCUT2D eigenvalue weighted by Gasteiger charge is -2.50. The molecule has 5 rings (SSSR count). The van der Waals surface area contributed by atoms with Crippen LogP contribution in [0, 0.1) is 5.92 Å². The molecule has 3 saturated heterocycles. The van der Waals surface area contributed by atoms with Crippen LogP contribution in [0.2, 0.25) is 0 Å². The van der Waals surface area contributed by atoms with Crippen LogP contribution in [-0.4, -0.2) is 71.6 Å². The Kier molecular flexibility index (Phi) is 6.88. The lowest BCUT2D eigenvalue weighted by molar-refractivity contribution is -0.138. The van der Waals surface area contributed by atoms with Gasteiger partial charge in [-0.2, -0.15) is 5.10 Å². The number of methoxy groups -OCH3 is 2. The minimum absolute atomic E-state index is 0.0298. The van der Waals surface area contributed by atoms with Crippen LogP contribution in [0.5, 0.6) is 11.5 Å². The zero-order chi connectivity index (χ0) is 23.5. The maximum absolute atomic E-state index is 11.9. The van der Waals surface area contributed by atoms with Gasteiger partial charge in [-0.25, -0.2) is 0 Å². The summed E-state index contributed by atoms with van der Waals surface area (Å²) in [5, 5.41) is 16.4. The molecular weight excluding hydrogens is 424 g/mol. The molecule has 0 aliphatic carbocycles. The summed E-state index contributed by atoms with van der Waals surface area (Å²) in [5.74, 6) is 1.16. The van der Waals surface area contributed by atoms with Gasteiger partial charge in [0.25, 0.3) is 0 Å². The Morgan fingerprint density at radius 3 is 2.64 bits per heavy atom. The molecule has 0 saturated carbocycles. The Labute approximate surface area is 193 Å². The minimum Gasteiger partial charge on any atom is -0.493 e. The summed E-state index contributed by atoms with van der Waals surface area (Å²) in [6, 6.07) is 8.31. The molecule has 1 aromatic heterocycles. The number of aliphatic carboxylic acids is 1. The van der Waals surface area contributed by atoms with Crippen LogP contribution in [0.1, 0.15) is 37.3 Å². The van der Waals surface area contributed by atoms with Crippen LogP contribution in [0.15, 0.2) is 24.3 Å². The summed E-state index contributed by atoms with van der Waals surface area (Å²) >= 11 is 0. The summed E-state index contributed by atoms with van der Waals surface area (Å²) in [5.41, 5.74) is 3.11. The second-order valence-electron chi connectivity index (χ2n) is 8.89. The fourth-order valence-corrected chi connectivity index (χ4v) is 5.19. The van der Waals surface area contributed by atoms with Crippen LogP contribution in [-0.2, 0) is 16.6 Å². The van der Waals surface area contributed by atoms with Gasteiger partial charge in [-0.3, -0.25) is 19.2 Å². The molecule has 2 aromatic rings. The predicted octanol–water partition coefficient (Wildman–Crippen LogP) is 2.26. The van der Waals surface area contributed by atoms with Crippen molar-refractivity contribution in [1.29, 1.82) is 0 Å². The molecule has 0 radical (unpaired) electrons. The fraction of sp³-hybridized carbons (Fsp3) is 0.542. The zero-order valence-corrected chi connectivity index (χ0v) is 19.4. The fourth-order valence-electron chi connectivity index (χ4n) is 5.19. The van der Waals surface area contributed by atoms with E-state index < -0.39 is 5.97 Å². The summed E-state index contributed by atoms with van der Waals surface area (Å²) in [6.07, 6.45) is 2.04. The number of rotatable bonds is 9. The van der Waals surface area contributed by atoms with E-state index >= 15 is 0 Å². The zero-order valence-electron chi connectivity index (χ0n) is 19.4. The van der Waals surface area contributed by atoms with Gasteiger partial charge in [0.2, 0.25) is 5.91 Å². The van der Waals surface area contributed by atoms with Gasteiger partial charge in [-0.15, -0.1) is 0 Å². The molecule has 1 amide bonds. The average Bonchev–Trinajstić information content (AvgIpc) is 3.22. The first-order valence-electron chi connectivity index (χ1n) is 11.4. The molecular formula is C24H32N4O5. The maximum atomic E-state index is 11.9. The third-order valence-corrected chi connectivity index (χ3v) is 6.95. The number of amides is 1. The number of hydrogen-bond donors (Lipinski definition) is 2. The summed E-state index contributed by atoms with van der Waals surface area (Å²) in [4.78, 5) is 25.0. The monoisotopic (exact) mass is 456 g/mol. The Bertz CT molecular complexity index is 1020. The van der Waals surface area contributed by atoms with E-state index in [2.05, 4.69) is 16.3 Å². The number of piperidine rings is 3. The smallest absolute Gasteiger partial charge is 0.303 e. The first-order valence-corrected chi connectivity index (χ1v) is 11.4. The molecule has 0 spiro atoms. The normalized spacial score (nSPS) is 23.8. The number of carboxylic acid groups (broad SMARTS) is 1. The molecule has 1 unspecified atom stereocenters. The molecule has 178 valence electrons.